The minimum atomic E-state index is 0.129. The Kier molecular flexibility index (Phi) is 4.30. The first-order valence-corrected chi connectivity index (χ1v) is 6.05. The molecule has 2 rings (SSSR count). The summed E-state index contributed by atoms with van der Waals surface area (Å²) in [4.78, 5) is 4.31. The molecule has 2 heterocycles. The van der Waals surface area contributed by atoms with Gasteiger partial charge >= 0.3 is 0 Å². The van der Waals surface area contributed by atoms with Gasteiger partial charge in [-0.2, -0.15) is 5.10 Å². The molecule has 1 atom stereocenters. The minimum Gasteiger partial charge on any atom is -0.490 e. The summed E-state index contributed by atoms with van der Waals surface area (Å²) in [7, 11) is 0. The van der Waals surface area contributed by atoms with Crippen molar-refractivity contribution in [1.82, 2.24) is 14.8 Å². The number of pyridine rings is 1. The third-order valence-corrected chi connectivity index (χ3v) is 2.48. The number of hydrogen-bond acceptors (Lipinski definition) is 4. The van der Waals surface area contributed by atoms with Crippen LogP contribution in [0, 0.1) is 0 Å². The molecule has 0 saturated carbocycles. The second-order valence-corrected chi connectivity index (χ2v) is 4.28. The predicted octanol–water partition coefficient (Wildman–Crippen LogP) is 1.25. The first kappa shape index (κ1) is 12.6. The summed E-state index contributed by atoms with van der Waals surface area (Å²) in [6, 6.07) is 5.90. The highest BCUT2D eigenvalue weighted by Gasteiger charge is 2.00. The van der Waals surface area contributed by atoms with Crippen LogP contribution in [-0.4, -0.2) is 27.4 Å². The number of nitrogens with zero attached hydrogens (tertiary/aromatic N) is 3. The van der Waals surface area contributed by atoms with Gasteiger partial charge < -0.3 is 10.5 Å². The second-order valence-electron chi connectivity index (χ2n) is 4.28. The quantitative estimate of drug-likeness (QED) is 0.833. The zero-order valence-electron chi connectivity index (χ0n) is 10.5. The molecule has 0 aliphatic rings. The standard InChI is InChI=1S/C13H18N4O/c1-11(14)9-12-3-4-13(10-15-12)18-8-7-17-6-2-5-16-17/h2-6,10-11H,7-9,14H2,1H3. The minimum absolute atomic E-state index is 0.129. The highest BCUT2D eigenvalue weighted by molar-refractivity contribution is 5.20. The molecule has 0 fully saturated rings. The molecule has 0 radical (unpaired) electrons. The fourth-order valence-electron chi connectivity index (χ4n) is 1.64. The molecule has 0 bridgehead atoms. The Morgan fingerprint density at radius 3 is 2.94 bits per heavy atom. The number of ether oxygens (including phenoxy) is 1. The van der Waals surface area contributed by atoms with Gasteiger partial charge in [-0.15, -0.1) is 0 Å². The summed E-state index contributed by atoms with van der Waals surface area (Å²) in [5.74, 6) is 0.774. The van der Waals surface area contributed by atoms with Crippen LogP contribution in [0.5, 0.6) is 5.75 Å². The van der Waals surface area contributed by atoms with Crippen LogP contribution in [0.15, 0.2) is 36.8 Å². The molecule has 96 valence electrons. The molecule has 0 saturated heterocycles. The summed E-state index contributed by atoms with van der Waals surface area (Å²) in [5.41, 5.74) is 6.71. The molecule has 0 aromatic carbocycles. The van der Waals surface area contributed by atoms with E-state index in [1.807, 2.05) is 36.0 Å². The molecule has 5 nitrogen and oxygen atoms in total. The third-order valence-electron chi connectivity index (χ3n) is 2.48. The van der Waals surface area contributed by atoms with E-state index in [1.165, 1.54) is 0 Å². The largest absolute Gasteiger partial charge is 0.490 e. The fourth-order valence-corrected chi connectivity index (χ4v) is 1.64. The molecular weight excluding hydrogens is 228 g/mol. The van der Waals surface area contributed by atoms with Crippen LogP contribution < -0.4 is 10.5 Å². The van der Waals surface area contributed by atoms with Gasteiger partial charge in [0.25, 0.3) is 0 Å². The Balaban J connectivity index is 1.79. The zero-order chi connectivity index (χ0) is 12.8. The van der Waals surface area contributed by atoms with Gasteiger partial charge in [-0.1, -0.05) is 0 Å². The van der Waals surface area contributed by atoms with Crippen molar-refractivity contribution in [2.75, 3.05) is 6.61 Å². The van der Waals surface area contributed by atoms with Gasteiger partial charge in [-0.3, -0.25) is 9.67 Å². The van der Waals surface area contributed by atoms with Crippen molar-refractivity contribution in [3.05, 3.63) is 42.5 Å². The maximum absolute atomic E-state index is 5.72. The SMILES string of the molecule is CC(N)Cc1ccc(OCCn2cccn2)cn1. The smallest absolute Gasteiger partial charge is 0.137 e. The Bertz CT molecular complexity index is 450. The van der Waals surface area contributed by atoms with Crippen molar-refractivity contribution in [3.63, 3.8) is 0 Å². The van der Waals surface area contributed by atoms with Crippen molar-refractivity contribution in [2.24, 2.45) is 5.73 Å². The molecule has 18 heavy (non-hydrogen) atoms. The van der Waals surface area contributed by atoms with Crippen molar-refractivity contribution in [1.29, 1.82) is 0 Å². The summed E-state index contributed by atoms with van der Waals surface area (Å²) in [5, 5.41) is 4.10. The van der Waals surface area contributed by atoms with Crippen molar-refractivity contribution >= 4 is 0 Å². The lowest BCUT2D eigenvalue weighted by molar-refractivity contribution is 0.290. The van der Waals surface area contributed by atoms with Crippen LogP contribution in [0.1, 0.15) is 12.6 Å². The lowest BCUT2D eigenvalue weighted by Crippen LogP contribution is -2.18. The summed E-state index contributed by atoms with van der Waals surface area (Å²) < 4.78 is 7.42. The average molecular weight is 246 g/mol. The molecule has 2 N–H and O–H groups in total. The van der Waals surface area contributed by atoms with E-state index in [9.17, 15) is 0 Å². The highest BCUT2D eigenvalue weighted by atomic mass is 16.5. The Hall–Kier alpha value is -1.88. The lowest BCUT2D eigenvalue weighted by Gasteiger charge is -2.08. The molecule has 2 aromatic heterocycles. The Morgan fingerprint density at radius 1 is 1.44 bits per heavy atom. The topological polar surface area (TPSA) is 66.0 Å². The summed E-state index contributed by atoms with van der Waals surface area (Å²) in [6.07, 6.45) is 6.19. The van der Waals surface area contributed by atoms with E-state index in [0.717, 1.165) is 24.4 Å². The average Bonchev–Trinajstić information content (AvgIpc) is 2.84. The lowest BCUT2D eigenvalue weighted by atomic mass is 10.2. The molecule has 0 amide bonds. The van der Waals surface area contributed by atoms with Gasteiger partial charge in [0.1, 0.15) is 12.4 Å². The Morgan fingerprint density at radius 2 is 2.33 bits per heavy atom. The number of nitrogens with two attached hydrogens (primary N) is 1. The summed E-state index contributed by atoms with van der Waals surface area (Å²) in [6.45, 7) is 3.28. The number of hydrogen-bond donors (Lipinski definition) is 1. The van der Waals surface area contributed by atoms with Crippen LogP contribution in [-0.2, 0) is 13.0 Å². The van der Waals surface area contributed by atoms with Crippen molar-refractivity contribution in [3.8, 4) is 5.75 Å². The van der Waals surface area contributed by atoms with E-state index >= 15 is 0 Å². The molecule has 1 unspecified atom stereocenters. The number of rotatable bonds is 6. The van der Waals surface area contributed by atoms with Gasteiger partial charge in [-0.25, -0.2) is 0 Å². The third kappa shape index (κ3) is 3.85. The second kappa shape index (κ2) is 6.16. The normalized spacial score (nSPS) is 12.3. The van der Waals surface area contributed by atoms with Gasteiger partial charge in [-0.05, 0) is 25.1 Å². The summed E-state index contributed by atoms with van der Waals surface area (Å²) >= 11 is 0. The maximum atomic E-state index is 5.72. The van der Waals surface area contributed by atoms with E-state index in [4.69, 9.17) is 10.5 Å². The molecule has 0 aliphatic carbocycles. The highest BCUT2D eigenvalue weighted by Crippen LogP contribution is 2.10. The zero-order valence-corrected chi connectivity index (χ0v) is 10.5. The molecule has 2 aromatic rings. The van der Waals surface area contributed by atoms with Gasteiger partial charge in [0.05, 0.1) is 12.7 Å². The van der Waals surface area contributed by atoms with E-state index in [1.54, 1.807) is 12.4 Å². The molecule has 0 spiro atoms. The van der Waals surface area contributed by atoms with Gasteiger partial charge in [0.2, 0.25) is 0 Å². The van der Waals surface area contributed by atoms with Gasteiger partial charge in [0, 0.05) is 30.6 Å². The molecular formula is C13H18N4O. The van der Waals surface area contributed by atoms with E-state index < -0.39 is 0 Å². The first-order chi connectivity index (χ1) is 8.74. The first-order valence-electron chi connectivity index (χ1n) is 6.05. The van der Waals surface area contributed by atoms with Crippen LogP contribution in [0.4, 0.5) is 0 Å². The fraction of sp³-hybridized carbons (Fsp3) is 0.385. The predicted molar refractivity (Wildman–Crippen MR) is 69.3 cm³/mol. The van der Waals surface area contributed by atoms with Crippen LogP contribution >= 0.6 is 0 Å². The van der Waals surface area contributed by atoms with Gasteiger partial charge in [0.15, 0.2) is 0 Å². The monoisotopic (exact) mass is 246 g/mol. The van der Waals surface area contributed by atoms with Crippen LogP contribution in [0.3, 0.4) is 0 Å². The Labute approximate surface area is 107 Å². The molecule has 0 aliphatic heterocycles. The van der Waals surface area contributed by atoms with Crippen LogP contribution in [0.2, 0.25) is 0 Å². The molecule has 5 heteroatoms. The van der Waals surface area contributed by atoms with E-state index in [0.29, 0.717) is 6.61 Å². The number of aromatic nitrogens is 3. The van der Waals surface area contributed by atoms with E-state index in [-0.39, 0.29) is 6.04 Å². The van der Waals surface area contributed by atoms with Crippen molar-refractivity contribution in [2.45, 2.75) is 25.9 Å². The van der Waals surface area contributed by atoms with Crippen molar-refractivity contribution < 1.29 is 4.74 Å². The van der Waals surface area contributed by atoms with Crippen LogP contribution in [0.25, 0.3) is 0 Å². The maximum Gasteiger partial charge on any atom is 0.137 e. The van der Waals surface area contributed by atoms with E-state index in [2.05, 4.69) is 10.1 Å².